The molecular weight excluding hydrogens is 420 g/mol. The molecule has 0 saturated heterocycles. The van der Waals surface area contributed by atoms with Crippen LogP contribution in [-0.4, -0.2) is 21.8 Å². The molecule has 1 unspecified atom stereocenters. The number of aromatic nitrogens is 1. The summed E-state index contributed by atoms with van der Waals surface area (Å²) < 4.78 is 0.726. The van der Waals surface area contributed by atoms with Crippen molar-refractivity contribution in [3.8, 4) is 0 Å². The van der Waals surface area contributed by atoms with E-state index >= 15 is 0 Å². The van der Waals surface area contributed by atoms with Crippen molar-refractivity contribution in [2.45, 2.75) is 18.6 Å². The molecule has 0 fully saturated rings. The van der Waals surface area contributed by atoms with E-state index in [-0.39, 0.29) is 17.9 Å². The van der Waals surface area contributed by atoms with Crippen LogP contribution in [0.3, 0.4) is 0 Å². The second-order valence-electron chi connectivity index (χ2n) is 6.71. The number of carbonyl (C=O) groups excluding carboxylic acids is 2. The van der Waals surface area contributed by atoms with Gasteiger partial charge >= 0.3 is 0 Å². The third-order valence-corrected chi connectivity index (χ3v) is 5.34. The fourth-order valence-electron chi connectivity index (χ4n) is 3.47. The van der Waals surface area contributed by atoms with Gasteiger partial charge in [0.15, 0.2) is 11.4 Å². The molecule has 4 rings (SSSR count). The van der Waals surface area contributed by atoms with Crippen LogP contribution >= 0.6 is 15.9 Å². The Bertz CT molecular complexity index is 1040. The number of hydrogen-bond acceptors (Lipinski definition) is 4. The molecule has 1 N–H and O–H groups in total. The fourth-order valence-corrected chi connectivity index (χ4v) is 3.83. The minimum atomic E-state index is -1.93. The molecular formula is C22H17BrN2O3. The summed E-state index contributed by atoms with van der Waals surface area (Å²) in [6.07, 6.45) is 1.15. The summed E-state index contributed by atoms with van der Waals surface area (Å²) >= 11 is 3.40. The highest BCUT2D eigenvalue weighted by molar-refractivity contribution is 9.10. The first-order valence-electron chi connectivity index (χ1n) is 8.81. The Morgan fingerprint density at radius 2 is 1.82 bits per heavy atom. The van der Waals surface area contributed by atoms with Crippen LogP contribution in [0.5, 0.6) is 0 Å². The van der Waals surface area contributed by atoms with Crippen LogP contribution in [0, 0.1) is 0 Å². The summed E-state index contributed by atoms with van der Waals surface area (Å²) in [5, 5.41) is 11.4. The first kappa shape index (κ1) is 18.5. The van der Waals surface area contributed by atoms with Gasteiger partial charge in [-0.1, -0.05) is 52.3 Å². The highest BCUT2D eigenvalue weighted by Gasteiger charge is 2.51. The maximum Gasteiger partial charge on any atom is 0.264 e. The van der Waals surface area contributed by atoms with Gasteiger partial charge < -0.3 is 10.0 Å². The Kier molecular flexibility index (Phi) is 4.83. The van der Waals surface area contributed by atoms with E-state index in [1.165, 1.54) is 11.1 Å². The van der Waals surface area contributed by atoms with Crippen molar-refractivity contribution in [1.82, 2.24) is 4.98 Å². The highest BCUT2D eigenvalue weighted by Crippen LogP contribution is 2.44. The van der Waals surface area contributed by atoms with Crippen LogP contribution in [-0.2, 0) is 16.9 Å². The van der Waals surface area contributed by atoms with E-state index in [2.05, 4.69) is 20.9 Å². The molecule has 3 aromatic rings. The van der Waals surface area contributed by atoms with E-state index in [0.29, 0.717) is 17.8 Å². The lowest BCUT2D eigenvalue weighted by Crippen LogP contribution is -2.41. The van der Waals surface area contributed by atoms with Crippen LogP contribution in [0.15, 0.2) is 77.4 Å². The largest absolute Gasteiger partial charge is 0.375 e. The first-order chi connectivity index (χ1) is 13.5. The van der Waals surface area contributed by atoms with Crippen LogP contribution in [0.2, 0.25) is 0 Å². The van der Waals surface area contributed by atoms with E-state index in [1.54, 1.807) is 30.3 Å². The standard InChI is InChI=1S/C22H17BrN2O3/c23-16-9-10-19-17(12-16)22(28,13-20(26)18-8-4-5-11-24-18)21(27)25(19)14-15-6-2-1-3-7-15/h1-12,28H,13-14H2. The minimum Gasteiger partial charge on any atom is -0.375 e. The van der Waals surface area contributed by atoms with E-state index in [1.807, 2.05) is 36.4 Å². The molecule has 1 aromatic heterocycles. The predicted octanol–water partition coefficient (Wildman–Crippen LogP) is 3.85. The third-order valence-electron chi connectivity index (χ3n) is 4.84. The molecule has 1 aliphatic heterocycles. The zero-order valence-electron chi connectivity index (χ0n) is 14.9. The summed E-state index contributed by atoms with van der Waals surface area (Å²) in [5.41, 5.74) is 0.259. The number of aliphatic hydroxyl groups is 1. The maximum atomic E-state index is 13.3. The lowest BCUT2D eigenvalue weighted by molar-refractivity contribution is -0.136. The SMILES string of the molecule is O=C(CC1(O)C(=O)N(Cc2ccccc2)c2ccc(Br)cc21)c1ccccn1. The van der Waals surface area contributed by atoms with Gasteiger partial charge in [0.25, 0.3) is 5.91 Å². The molecule has 0 aliphatic carbocycles. The van der Waals surface area contributed by atoms with Crippen molar-refractivity contribution in [3.63, 3.8) is 0 Å². The zero-order chi connectivity index (χ0) is 19.7. The normalized spacial score (nSPS) is 18.2. The van der Waals surface area contributed by atoms with Gasteiger partial charge in [0.2, 0.25) is 0 Å². The van der Waals surface area contributed by atoms with Gasteiger partial charge in [0, 0.05) is 16.2 Å². The first-order valence-corrected chi connectivity index (χ1v) is 9.61. The Balaban J connectivity index is 1.72. The number of pyridine rings is 1. The molecule has 2 aromatic carbocycles. The fraction of sp³-hybridized carbons (Fsp3) is 0.136. The lowest BCUT2D eigenvalue weighted by Gasteiger charge is -2.22. The number of rotatable bonds is 5. The van der Waals surface area contributed by atoms with Gasteiger partial charge in [-0.15, -0.1) is 0 Å². The van der Waals surface area contributed by atoms with Crippen LogP contribution < -0.4 is 4.90 Å². The molecule has 28 heavy (non-hydrogen) atoms. The van der Waals surface area contributed by atoms with Crippen LogP contribution in [0.4, 0.5) is 5.69 Å². The summed E-state index contributed by atoms with van der Waals surface area (Å²) in [6.45, 7) is 0.314. The van der Waals surface area contributed by atoms with Gasteiger partial charge in [0.1, 0.15) is 5.69 Å². The van der Waals surface area contributed by atoms with E-state index < -0.39 is 11.5 Å². The average Bonchev–Trinajstić information content (AvgIpc) is 2.91. The van der Waals surface area contributed by atoms with Crippen molar-refractivity contribution >= 4 is 33.3 Å². The van der Waals surface area contributed by atoms with Crippen LogP contribution in [0.25, 0.3) is 0 Å². The Hall–Kier alpha value is -2.83. The summed E-state index contributed by atoms with van der Waals surface area (Å²) in [7, 11) is 0. The molecule has 0 spiro atoms. The lowest BCUT2D eigenvalue weighted by atomic mass is 9.89. The van der Waals surface area contributed by atoms with Gasteiger partial charge in [0.05, 0.1) is 18.7 Å². The van der Waals surface area contributed by atoms with Gasteiger partial charge in [-0.2, -0.15) is 0 Å². The Morgan fingerprint density at radius 1 is 1.07 bits per heavy atom. The second-order valence-corrected chi connectivity index (χ2v) is 7.63. The zero-order valence-corrected chi connectivity index (χ0v) is 16.5. The molecule has 140 valence electrons. The predicted molar refractivity (Wildman–Crippen MR) is 109 cm³/mol. The molecule has 0 radical (unpaired) electrons. The number of anilines is 1. The van der Waals surface area contributed by atoms with Crippen molar-refractivity contribution in [1.29, 1.82) is 0 Å². The molecule has 5 nitrogen and oxygen atoms in total. The number of benzene rings is 2. The quantitative estimate of drug-likeness (QED) is 0.616. The number of nitrogens with zero attached hydrogens (tertiary/aromatic N) is 2. The number of halogens is 1. The molecule has 0 bridgehead atoms. The molecule has 2 heterocycles. The molecule has 1 amide bonds. The van der Waals surface area contributed by atoms with Crippen LogP contribution in [0.1, 0.15) is 28.0 Å². The van der Waals surface area contributed by atoms with Crippen molar-refractivity contribution in [2.24, 2.45) is 0 Å². The molecule has 1 atom stereocenters. The monoisotopic (exact) mass is 436 g/mol. The summed E-state index contributed by atoms with van der Waals surface area (Å²) in [6, 6.07) is 19.8. The number of ketones is 1. The highest BCUT2D eigenvalue weighted by atomic mass is 79.9. The number of carbonyl (C=O) groups is 2. The van der Waals surface area contributed by atoms with Gasteiger partial charge in [-0.25, -0.2) is 0 Å². The van der Waals surface area contributed by atoms with Gasteiger partial charge in [-0.3, -0.25) is 14.6 Å². The summed E-state index contributed by atoms with van der Waals surface area (Å²) in [5.74, 6) is -0.891. The molecule has 6 heteroatoms. The number of amides is 1. The van der Waals surface area contributed by atoms with Gasteiger partial charge in [-0.05, 0) is 35.9 Å². The van der Waals surface area contributed by atoms with E-state index in [4.69, 9.17) is 0 Å². The van der Waals surface area contributed by atoms with Crippen molar-refractivity contribution in [3.05, 3.63) is 94.2 Å². The third kappa shape index (κ3) is 3.25. The summed E-state index contributed by atoms with van der Waals surface area (Å²) in [4.78, 5) is 31.5. The number of fused-ring (bicyclic) bond motifs is 1. The molecule has 1 aliphatic rings. The Morgan fingerprint density at radius 3 is 2.54 bits per heavy atom. The number of hydrogen-bond donors (Lipinski definition) is 1. The van der Waals surface area contributed by atoms with Crippen molar-refractivity contribution < 1.29 is 14.7 Å². The Labute approximate surface area is 170 Å². The van der Waals surface area contributed by atoms with E-state index in [0.717, 1.165) is 10.0 Å². The average molecular weight is 437 g/mol. The minimum absolute atomic E-state index is 0.224. The molecule has 0 saturated carbocycles. The smallest absolute Gasteiger partial charge is 0.264 e. The van der Waals surface area contributed by atoms with Crippen molar-refractivity contribution in [2.75, 3.05) is 4.90 Å². The number of Topliss-reactive ketones (excluding diaryl/α,β-unsaturated/α-hetero) is 1. The maximum absolute atomic E-state index is 13.3. The topological polar surface area (TPSA) is 70.5 Å². The second kappa shape index (κ2) is 7.30. The van der Waals surface area contributed by atoms with E-state index in [9.17, 15) is 14.7 Å².